The summed E-state index contributed by atoms with van der Waals surface area (Å²) in [5.74, 6) is 0.652. The Labute approximate surface area is 161 Å². The molecule has 7 nitrogen and oxygen atoms in total. The number of carbonyl (C=O) groups is 1. The highest BCUT2D eigenvalue weighted by atomic mass is 28.4. The summed E-state index contributed by atoms with van der Waals surface area (Å²) < 4.78 is 11.9. The van der Waals surface area contributed by atoms with Crippen LogP contribution in [-0.2, 0) is 9.26 Å². The molecule has 0 spiro atoms. The number of hydroxylamine groups is 2. The van der Waals surface area contributed by atoms with Crippen molar-refractivity contribution in [3.8, 4) is 0 Å². The molecule has 2 bridgehead atoms. The van der Waals surface area contributed by atoms with E-state index >= 15 is 0 Å². The molecule has 2 atom stereocenters. The highest BCUT2D eigenvalue weighted by molar-refractivity contribution is 6.74. The van der Waals surface area contributed by atoms with Crippen LogP contribution in [0.3, 0.4) is 0 Å². The van der Waals surface area contributed by atoms with E-state index in [0.717, 1.165) is 5.57 Å². The molecule has 2 aliphatic rings. The van der Waals surface area contributed by atoms with Gasteiger partial charge in [0.05, 0.1) is 32.0 Å². The molecular weight excluding hydrogens is 362 g/mol. The van der Waals surface area contributed by atoms with Crippen molar-refractivity contribution in [3.63, 3.8) is 0 Å². The normalized spacial score (nSPS) is 23.0. The third-order valence-corrected chi connectivity index (χ3v) is 10.2. The van der Waals surface area contributed by atoms with E-state index in [0.29, 0.717) is 18.9 Å². The number of rotatable bonds is 7. The maximum Gasteiger partial charge on any atom is 0.345 e. The minimum Gasteiger partial charge on any atom is -0.444 e. The van der Waals surface area contributed by atoms with Gasteiger partial charge in [-0.15, -0.1) is 6.58 Å². The predicted molar refractivity (Wildman–Crippen MR) is 105 cm³/mol. The maximum absolute atomic E-state index is 12.9. The van der Waals surface area contributed by atoms with Gasteiger partial charge >= 0.3 is 6.03 Å². The lowest BCUT2D eigenvalue weighted by molar-refractivity contribution is -0.106. The number of oxazole rings is 1. The van der Waals surface area contributed by atoms with Gasteiger partial charge in [-0.1, -0.05) is 32.9 Å². The lowest BCUT2D eigenvalue weighted by Crippen LogP contribution is -2.47. The largest absolute Gasteiger partial charge is 0.444 e. The van der Waals surface area contributed by atoms with Gasteiger partial charge in [0.2, 0.25) is 0 Å². The number of amides is 2. The van der Waals surface area contributed by atoms with Crippen molar-refractivity contribution in [2.24, 2.45) is 0 Å². The molecule has 1 aromatic rings. The van der Waals surface area contributed by atoms with Crippen molar-refractivity contribution in [2.45, 2.75) is 51.0 Å². The minimum atomic E-state index is -1.93. The zero-order valence-corrected chi connectivity index (χ0v) is 17.8. The molecular formula is C19H29N3O4Si. The van der Waals surface area contributed by atoms with Gasteiger partial charge in [-0.25, -0.2) is 9.78 Å². The quantitative estimate of drug-likeness (QED) is 0.524. The fraction of sp³-hybridized carbons (Fsp3) is 0.579. The van der Waals surface area contributed by atoms with Gasteiger partial charge < -0.3 is 13.7 Å². The standard InChI is InChI=1S/C19H29N3O4Si/c1-7-8-25-22-16-11-21(18(22)23)14(9-15(16)17-10-20-13-24-17)12-26-27(5,6)19(2,3)4/h7,9-10,13-14,16H,1,8,11-12H2,2-6H3/t14-,16-/m0/s1. The van der Waals surface area contributed by atoms with Gasteiger partial charge in [0.15, 0.2) is 20.5 Å². The first-order valence-corrected chi connectivity index (χ1v) is 12.1. The molecule has 1 fully saturated rings. The highest BCUT2D eigenvalue weighted by Gasteiger charge is 2.48. The molecule has 0 saturated carbocycles. The summed E-state index contributed by atoms with van der Waals surface area (Å²) >= 11 is 0. The van der Waals surface area contributed by atoms with Crippen molar-refractivity contribution in [3.05, 3.63) is 37.1 Å². The van der Waals surface area contributed by atoms with Crippen LogP contribution in [0.15, 0.2) is 35.7 Å². The fourth-order valence-corrected chi connectivity index (χ4v) is 4.06. The van der Waals surface area contributed by atoms with Crippen molar-refractivity contribution >= 4 is 19.9 Å². The predicted octanol–water partition coefficient (Wildman–Crippen LogP) is 3.69. The average molecular weight is 392 g/mol. The van der Waals surface area contributed by atoms with E-state index in [1.807, 2.05) is 0 Å². The molecule has 0 aliphatic carbocycles. The van der Waals surface area contributed by atoms with E-state index < -0.39 is 8.32 Å². The van der Waals surface area contributed by atoms with Gasteiger partial charge in [-0.3, -0.25) is 4.84 Å². The van der Waals surface area contributed by atoms with Crippen LogP contribution in [0.1, 0.15) is 26.5 Å². The minimum absolute atomic E-state index is 0.107. The lowest BCUT2D eigenvalue weighted by Gasteiger charge is -2.38. The lowest BCUT2D eigenvalue weighted by atomic mass is 9.98. The molecule has 148 valence electrons. The zero-order valence-electron chi connectivity index (χ0n) is 16.8. The Balaban J connectivity index is 1.86. The van der Waals surface area contributed by atoms with Crippen LogP contribution < -0.4 is 0 Å². The van der Waals surface area contributed by atoms with E-state index in [9.17, 15) is 4.79 Å². The van der Waals surface area contributed by atoms with Gasteiger partial charge in [-0.2, -0.15) is 5.06 Å². The van der Waals surface area contributed by atoms with Crippen LogP contribution >= 0.6 is 0 Å². The molecule has 0 aromatic carbocycles. The maximum atomic E-state index is 12.9. The molecule has 0 unspecified atom stereocenters. The summed E-state index contributed by atoms with van der Waals surface area (Å²) in [6.45, 7) is 16.0. The Bertz CT molecular complexity index is 724. The molecule has 1 saturated heterocycles. The van der Waals surface area contributed by atoms with Crippen molar-refractivity contribution in [1.29, 1.82) is 0 Å². The molecule has 8 heteroatoms. The monoisotopic (exact) mass is 391 g/mol. The molecule has 2 aliphatic heterocycles. The fourth-order valence-electron chi connectivity index (χ4n) is 3.04. The van der Waals surface area contributed by atoms with Crippen LogP contribution in [0.2, 0.25) is 18.1 Å². The average Bonchev–Trinajstić information content (AvgIpc) is 3.21. The van der Waals surface area contributed by atoms with Crippen molar-refractivity contribution in [1.82, 2.24) is 14.9 Å². The van der Waals surface area contributed by atoms with Gasteiger partial charge in [-0.05, 0) is 18.1 Å². The van der Waals surface area contributed by atoms with Crippen LogP contribution in [-0.4, -0.2) is 61.1 Å². The summed E-state index contributed by atoms with van der Waals surface area (Å²) in [7, 11) is -1.93. The molecule has 27 heavy (non-hydrogen) atoms. The van der Waals surface area contributed by atoms with E-state index in [4.69, 9.17) is 13.7 Å². The number of nitrogens with zero attached hydrogens (tertiary/aromatic N) is 3. The van der Waals surface area contributed by atoms with E-state index in [1.54, 1.807) is 17.2 Å². The summed E-state index contributed by atoms with van der Waals surface area (Å²) in [6, 6.07) is -0.550. The van der Waals surface area contributed by atoms with E-state index in [2.05, 4.69) is 51.5 Å². The Morgan fingerprint density at radius 3 is 2.78 bits per heavy atom. The number of hydrogen-bond donors (Lipinski definition) is 0. The first-order chi connectivity index (χ1) is 12.7. The molecule has 3 heterocycles. The Hall–Kier alpha value is -1.90. The molecule has 0 radical (unpaired) electrons. The van der Waals surface area contributed by atoms with Gasteiger partial charge in [0.1, 0.15) is 6.04 Å². The van der Waals surface area contributed by atoms with E-state index in [-0.39, 0.29) is 29.8 Å². The van der Waals surface area contributed by atoms with E-state index in [1.165, 1.54) is 11.5 Å². The number of urea groups is 1. The summed E-state index contributed by atoms with van der Waals surface area (Å²) in [5, 5.41) is 1.53. The number of aromatic nitrogens is 1. The first kappa shape index (κ1) is 19.8. The Morgan fingerprint density at radius 2 is 2.19 bits per heavy atom. The van der Waals surface area contributed by atoms with Crippen LogP contribution in [0.25, 0.3) is 5.57 Å². The zero-order chi connectivity index (χ0) is 19.8. The molecule has 1 aromatic heterocycles. The summed E-state index contributed by atoms with van der Waals surface area (Å²) in [6.07, 6.45) is 6.74. The van der Waals surface area contributed by atoms with Crippen molar-refractivity contribution < 1.29 is 18.5 Å². The first-order valence-electron chi connectivity index (χ1n) is 9.24. The van der Waals surface area contributed by atoms with Gasteiger partial charge in [0, 0.05) is 5.57 Å². The van der Waals surface area contributed by atoms with Crippen molar-refractivity contribution in [2.75, 3.05) is 19.8 Å². The number of fused-ring (bicyclic) bond motifs is 2. The second-order valence-electron chi connectivity index (χ2n) is 8.49. The smallest absolute Gasteiger partial charge is 0.345 e. The second-order valence-corrected chi connectivity index (χ2v) is 13.3. The Kier molecular flexibility index (Phi) is 5.33. The third-order valence-electron chi connectivity index (χ3n) is 5.69. The number of carbonyl (C=O) groups excluding carboxylic acids is 1. The van der Waals surface area contributed by atoms with Crippen LogP contribution in [0.4, 0.5) is 4.79 Å². The van der Waals surface area contributed by atoms with Crippen LogP contribution in [0.5, 0.6) is 0 Å². The topological polar surface area (TPSA) is 68.0 Å². The molecule has 3 rings (SSSR count). The summed E-state index contributed by atoms with van der Waals surface area (Å²) in [5.41, 5.74) is 0.905. The van der Waals surface area contributed by atoms with Crippen LogP contribution in [0, 0.1) is 0 Å². The number of hydrogen-bond acceptors (Lipinski definition) is 5. The molecule has 2 amide bonds. The second kappa shape index (κ2) is 7.25. The summed E-state index contributed by atoms with van der Waals surface area (Å²) in [4.78, 5) is 24.4. The molecule has 0 N–H and O–H groups in total. The Morgan fingerprint density at radius 1 is 1.44 bits per heavy atom. The third kappa shape index (κ3) is 3.74. The van der Waals surface area contributed by atoms with Gasteiger partial charge in [0.25, 0.3) is 0 Å². The SMILES string of the molecule is C=CCON1C(=O)N2C[C@H]1C(c1cnco1)=C[C@H]2CO[Si](C)(C)C(C)(C)C. The highest BCUT2D eigenvalue weighted by Crippen LogP contribution is 2.39.